The van der Waals surface area contributed by atoms with Crippen LogP contribution in [0.25, 0.3) is 10.9 Å². The number of aromatic carboxylic acids is 1. The van der Waals surface area contributed by atoms with Gasteiger partial charge < -0.3 is 14.4 Å². The van der Waals surface area contributed by atoms with Gasteiger partial charge in [0.15, 0.2) is 0 Å². The summed E-state index contributed by atoms with van der Waals surface area (Å²) in [5.41, 5.74) is 3.36. The summed E-state index contributed by atoms with van der Waals surface area (Å²) in [5, 5.41) is 10.3. The molecule has 0 aliphatic heterocycles. The molecule has 0 saturated heterocycles. The minimum absolute atomic E-state index is 0.275. The zero-order valence-corrected chi connectivity index (χ0v) is 14.1. The molecule has 0 atom stereocenters. The van der Waals surface area contributed by atoms with E-state index in [1.807, 2.05) is 42.5 Å². The van der Waals surface area contributed by atoms with Gasteiger partial charge in [0, 0.05) is 18.5 Å². The maximum absolute atomic E-state index is 11.4. The third kappa shape index (κ3) is 3.00. The number of rotatable bonds is 5. The van der Waals surface area contributed by atoms with Gasteiger partial charge >= 0.3 is 5.97 Å². The maximum atomic E-state index is 11.4. The quantitative estimate of drug-likeness (QED) is 0.748. The van der Waals surface area contributed by atoms with Crippen molar-refractivity contribution in [3.63, 3.8) is 0 Å². The van der Waals surface area contributed by atoms with E-state index in [9.17, 15) is 9.90 Å². The van der Waals surface area contributed by atoms with Gasteiger partial charge in [0.1, 0.15) is 18.1 Å². The highest BCUT2D eigenvalue weighted by Gasteiger charge is 2.17. The number of hydrogen-bond donors (Lipinski definition) is 1. The summed E-state index contributed by atoms with van der Waals surface area (Å²) in [7, 11) is 1.77. The second-order valence-corrected chi connectivity index (χ2v) is 6.27. The Morgan fingerprint density at radius 2 is 1.88 bits per heavy atom. The number of carboxylic acids is 1. The van der Waals surface area contributed by atoms with E-state index < -0.39 is 5.97 Å². The lowest BCUT2D eigenvalue weighted by molar-refractivity contribution is 0.0687. The standard InChI is InChI=1S/C20H21NO3/c1-13(2)16-9-15(24-12-14-7-5-4-6-8-14)10-18-17(16)11-19(20(22)23)21(18)3/h4-11,13H,12H2,1-3H3,(H,22,23). The SMILES string of the molecule is CC(C)c1cc(OCc2ccccc2)cc2c1cc(C(=O)O)n2C. The van der Waals surface area contributed by atoms with Crippen LogP contribution in [-0.4, -0.2) is 15.6 Å². The van der Waals surface area contributed by atoms with Crippen molar-refractivity contribution < 1.29 is 14.6 Å². The normalized spacial score (nSPS) is 11.2. The van der Waals surface area contributed by atoms with Gasteiger partial charge in [0.25, 0.3) is 0 Å². The van der Waals surface area contributed by atoms with Crippen LogP contribution in [0.15, 0.2) is 48.5 Å². The molecule has 0 amide bonds. The maximum Gasteiger partial charge on any atom is 0.352 e. The molecule has 24 heavy (non-hydrogen) atoms. The van der Waals surface area contributed by atoms with Crippen LogP contribution in [0.1, 0.15) is 41.4 Å². The molecule has 3 aromatic rings. The highest BCUT2D eigenvalue weighted by atomic mass is 16.5. The van der Waals surface area contributed by atoms with Crippen molar-refractivity contribution in [2.24, 2.45) is 7.05 Å². The van der Waals surface area contributed by atoms with E-state index in [0.717, 1.165) is 27.8 Å². The first-order chi connectivity index (χ1) is 11.5. The van der Waals surface area contributed by atoms with Crippen LogP contribution in [0.2, 0.25) is 0 Å². The van der Waals surface area contributed by atoms with Gasteiger partial charge in [0.2, 0.25) is 0 Å². The fraction of sp³-hybridized carbons (Fsp3) is 0.250. The number of aromatic nitrogens is 1. The Morgan fingerprint density at radius 3 is 2.50 bits per heavy atom. The average molecular weight is 323 g/mol. The molecule has 4 heteroatoms. The van der Waals surface area contributed by atoms with Gasteiger partial charge in [-0.3, -0.25) is 0 Å². The van der Waals surface area contributed by atoms with Crippen LogP contribution >= 0.6 is 0 Å². The van der Waals surface area contributed by atoms with Crippen molar-refractivity contribution in [2.75, 3.05) is 0 Å². The van der Waals surface area contributed by atoms with Crippen molar-refractivity contribution in [2.45, 2.75) is 26.4 Å². The van der Waals surface area contributed by atoms with Gasteiger partial charge in [-0.2, -0.15) is 0 Å². The number of carbonyl (C=O) groups is 1. The van der Waals surface area contributed by atoms with Gasteiger partial charge in [-0.05, 0) is 29.2 Å². The van der Waals surface area contributed by atoms with Crippen LogP contribution < -0.4 is 4.74 Å². The van der Waals surface area contributed by atoms with E-state index in [1.165, 1.54) is 0 Å². The summed E-state index contributed by atoms with van der Waals surface area (Å²) in [6, 6.07) is 15.7. The summed E-state index contributed by atoms with van der Waals surface area (Å²) in [4.78, 5) is 11.4. The van der Waals surface area contributed by atoms with Crippen LogP contribution in [0.3, 0.4) is 0 Å². The number of carboxylic acid groups (broad SMARTS) is 1. The first kappa shape index (κ1) is 16.1. The van der Waals surface area contributed by atoms with Gasteiger partial charge in [-0.1, -0.05) is 44.2 Å². The Labute approximate surface area is 141 Å². The van der Waals surface area contributed by atoms with E-state index >= 15 is 0 Å². The van der Waals surface area contributed by atoms with Gasteiger partial charge in [-0.15, -0.1) is 0 Å². The fourth-order valence-corrected chi connectivity index (χ4v) is 2.94. The second-order valence-electron chi connectivity index (χ2n) is 6.27. The molecule has 124 valence electrons. The van der Waals surface area contributed by atoms with Crippen LogP contribution in [0.4, 0.5) is 0 Å². The number of ether oxygens (including phenoxy) is 1. The summed E-state index contributed by atoms with van der Waals surface area (Å²) in [5.74, 6) is 0.111. The zero-order chi connectivity index (χ0) is 17.3. The zero-order valence-electron chi connectivity index (χ0n) is 14.1. The molecule has 1 N–H and O–H groups in total. The Bertz CT molecular complexity index is 879. The molecule has 0 bridgehead atoms. The van der Waals surface area contributed by atoms with Crippen molar-refractivity contribution in [3.8, 4) is 5.75 Å². The Hall–Kier alpha value is -2.75. The first-order valence-corrected chi connectivity index (χ1v) is 8.00. The molecular weight excluding hydrogens is 302 g/mol. The lowest BCUT2D eigenvalue weighted by Crippen LogP contribution is -2.03. The van der Waals surface area contributed by atoms with E-state index in [0.29, 0.717) is 6.61 Å². The molecule has 4 nitrogen and oxygen atoms in total. The lowest BCUT2D eigenvalue weighted by atomic mass is 9.99. The monoisotopic (exact) mass is 323 g/mol. The molecule has 3 rings (SSSR count). The summed E-state index contributed by atoms with van der Waals surface area (Å²) < 4.78 is 7.66. The lowest BCUT2D eigenvalue weighted by Gasteiger charge is -2.13. The van der Waals surface area contributed by atoms with Crippen LogP contribution in [0, 0.1) is 0 Å². The van der Waals surface area contributed by atoms with E-state index in [2.05, 4.69) is 13.8 Å². The van der Waals surface area contributed by atoms with E-state index in [-0.39, 0.29) is 11.6 Å². The molecule has 0 radical (unpaired) electrons. The van der Waals surface area contributed by atoms with Crippen molar-refractivity contribution in [1.29, 1.82) is 0 Å². The van der Waals surface area contributed by atoms with Crippen molar-refractivity contribution >= 4 is 16.9 Å². The molecule has 0 fully saturated rings. The Kier molecular flexibility index (Phi) is 4.30. The topological polar surface area (TPSA) is 51.5 Å². The van der Waals surface area contributed by atoms with Crippen LogP contribution in [-0.2, 0) is 13.7 Å². The summed E-state index contributed by atoms with van der Waals surface area (Å²) in [6.07, 6.45) is 0. The number of benzene rings is 2. The molecule has 0 aliphatic rings. The summed E-state index contributed by atoms with van der Waals surface area (Å²) in [6.45, 7) is 4.69. The van der Waals surface area contributed by atoms with E-state index in [1.54, 1.807) is 17.7 Å². The molecule has 1 heterocycles. The first-order valence-electron chi connectivity index (χ1n) is 8.00. The minimum atomic E-state index is -0.921. The molecule has 0 aliphatic carbocycles. The molecule has 0 spiro atoms. The smallest absolute Gasteiger partial charge is 0.352 e. The highest BCUT2D eigenvalue weighted by molar-refractivity contribution is 5.96. The van der Waals surface area contributed by atoms with Crippen LogP contribution in [0.5, 0.6) is 5.75 Å². The fourth-order valence-electron chi connectivity index (χ4n) is 2.94. The third-order valence-corrected chi connectivity index (χ3v) is 4.26. The van der Waals surface area contributed by atoms with Crippen molar-refractivity contribution in [3.05, 3.63) is 65.4 Å². The average Bonchev–Trinajstić information content (AvgIpc) is 2.90. The molecule has 0 saturated carbocycles. The number of fused-ring (bicyclic) bond motifs is 1. The van der Waals surface area contributed by atoms with Gasteiger partial charge in [-0.25, -0.2) is 4.79 Å². The molecule has 2 aromatic carbocycles. The molecular formula is C20H21NO3. The van der Waals surface area contributed by atoms with E-state index in [4.69, 9.17) is 4.74 Å². The number of nitrogens with zero attached hydrogens (tertiary/aromatic N) is 1. The Morgan fingerprint density at radius 1 is 1.17 bits per heavy atom. The highest BCUT2D eigenvalue weighted by Crippen LogP contribution is 2.32. The minimum Gasteiger partial charge on any atom is -0.489 e. The summed E-state index contributed by atoms with van der Waals surface area (Å²) >= 11 is 0. The second kappa shape index (κ2) is 6.40. The molecule has 0 unspecified atom stereocenters. The number of aryl methyl sites for hydroxylation is 1. The largest absolute Gasteiger partial charge is 0.489 e. The predicted molar refractivity (Wildman–Crippen MR) is 94.7 cm³/mol. The van der Waals surface area contributed by atoms with Gasteiger partial charge in [0.05, 0.1) is 5.52 Å². The Balaban J connectivity index is 2.02. The predicted octanol–water partition coefficient (Wildman–Crippen LogP) is 4.58. The third-order valence-electron chi connectivity index (χ3n) is 4.26. The number of hydrogen-bond acceptors (Lipinski definition) is 2. The molecule has 1 aromatic heterocycles. The van der Waals surface area contributed by atoms with Crippen molar-refractivity contribution in [1.82, 2.24) is 4.57 Å².